The van der Waals surface area contributed by atoms with Crippen LogP contribution in [0, 0.1) is 0 Å². The third kappa shape index (κ3) is 2.08. The number of benzene rings is 3. The number of halogens is 1. The number of fused-ring (bicyclic) bond motifs is 4. The van der Waals surface area contributed by atoms with Crippen LogP contribution in [0.3, 0.4) is 0 Å². The zero-order chi connectivity index (χ0) is 15.4. The third-order valence-corrected chi connectivity index (χ3v) is 6.48. The first-order chi connectivity index (χ1) is 11.3. The van der Waals surface area contributed by atoms with Gasteiger partial charge in [0.15, 0.2) is 0 Å². The Morgan fingerprint density at radius 1 is 0.783 bits per heavy atom. The summed E-state index contributed by atoms with van der Waals surface area (Å²) in [5.74, 6) is 0. The van der Waals surface area contributed by atoms with Crippen molar-refractivity contribution in [3.63, 3.8) is 0 Å². The second kappa shape index (κ2) is 5.03. The van der Waals surface area contributed by atoms with E-state index in [2.05, 4.69) is 30.3 Å². The van der Waals surface area contributed by atoms with Crippen LogP contribution in [0.1, 0.15) is 0 Å². The molecule has 0 aliphatic rings. The van der Waals surface area contributed by atoms with Crippen LogP contribution < -0.4 is 0 Å². The molecule has 0 saturated carbocycles. The first-order valence-corrected chi connectivity index (χ1v) is 9.27. The van der Waals surface area contributed by atoms with E-state index in [1.165, 1.54) is 25.0 Å². The van der Waals surface area contributed by atoms with E-state index in [0.29, 0.717) is 0 Å². The van der Waals surface area contributed by atoms with Crippen LogP contribution in [0.4, 0.5) is 0 Å². The van der Waals surface area contributed by atoms with E-state index in [0.717, 1.165) is 20.9 Å². The minimum atomic E-state index is 0.812. The molecular formula is C19H10ClNS2. The molecule has 3 aromatic carbocycles. The number of thiophene rings is 1. The summed E-state index contributed by atoms with van der Waals surface area (Å²) < 4.78 is 3.72. The van der Waals surface area contributed by atoms with Gasteiger partial charge in [0.1, 0.15) is 5.01 Å². The van der Waals surface area contributed by atoms with Gasteiger partial charge in [-0.05, 0) is 24.3 Å². The lowest BCUT2D eigenvalue weighted by Gasteiger charge is -1.94. The van der Waals surface area contributed by atoms with Crippen LogP contribution in [-0.2, 0) is 0 Å². The highest BCUT2D eigenvalue weighted by Crippen LogP contribution is 2.41. The van der Waals surface area contributed by atoms with Gasteiger partial charge in [0.2, 0.25) is 0 Å². The maximum atomic E-state index is 6.42. The summed E-state index contributed by atoms with van der Waals surface area (Å²) in [7, 11) is 0. The van der Waals surface area contributed by atoms with Crippen LogP contribution >= 0.6 is 34.3 Å². The Kier molecular flexibility index (Phi) is 2.95. The molecular weight excluding hydrogens is 342 g/mol. The Morgan fingerprint density at radius 3 is 2.52 bits per heavy atom. The molecule has 0 spiro atoms. The topological polar surface area (TPSA) is 12.9 Å². The second-order valence-corrected chi connectivity index (χ2v) is 7.94. The van der Waals surface area contributed by atoms with Crippen molar-refractivity contribution in [2.24, 2.45) is 0 Å². The SMILES string of the molecule is Clc1cccc2sc3cc4sc(-c5ccccc5)nc4cc3c12. The van der Waals surface area contributed by atoms with Crippen molar-refractivity contribution >= 4 is 64.7 Å². The lowest BCUT2D eigenvalue weighted by atomic mass is 10.1. The Bertz CT molecular complexity index is 1170. The Morgan fingerprint density at radius 2 is 1.65 bits per heavy atom. The summed E-state index contributed by atoms with van der Waals surface area (Å²) in [4.78, 5) is 4.83. The molecule has 1 nitrogen and oxygen atoms in total. The van der Waals surface area contributed by atoms with Gasteiger partial charge in [0.05, 0.1) is 10.2 Å². The Hall–Kier alpha value is -1.94. The molecule has 23 heavy (non-hydrogen) atoms. The molecule has 0 atom stereocenters. The standard InChI is InChI=1S/C19H10ClNS2/c20-13-7-4-8-15-18(13)12-9-14-17(10-16(12)22-15)23-19(21-14)11-5-2-1-3-6-11/h1-10H. The predicted octanol–water partition coefficient (Wildman–Crippen LogP) is 6.98. The normalized spacial score (nSPS) is 11.7. The van der Waals surface area contributed by atoms with Crippen molar-refractivity contribution in [1.29, 1.82) is 0 Å². The van der Waals surface area contributed by atoms with Gasteiger partial charge in [-0.3, -0.25) is 0 Å². The molecule has 0 fully saturated rings. The zero-order valence-electron chi connectivity index (χ0n) is 11.9. The van der Waals surface area contributed by atoms with Crippen LogP contribution in [0.15, 0.2) is 60.7 Å². The predicted molar refractivity (Wildman–Crippen MR) is 103 cm³/mol. The highest BCUT2D eigenvalue weighted by Gasteiger charge is 2.12. The summed E-state index contributed by atoms with van der Waals surface area (Å²) >= 11 is 9.95. The van der Waals surface area contributed by atoms with Crippen LogP contribution in [0.2, 0.25) is 5.02 Å². The molecule has 5 aromatic rings. The highest BCUT2D eigenvalue weighted by molar-refractivity contribution is 7.26. The highest BCUT2D eigenvalue weighted by atomic mass is 35.5. The quantitative estimate of drug-likeness (QED) is 0.317. The average molecular weight is 352 g/mol. The molecule has 0 radical (unpaired) electrons. The van der Waals surface area contributed by atoms with E-state index >= 15 is 0 Å². The van der Waals surface area contributed by atoms with Gasteiger partial charge >= 0.3 is 0 Å². The van der Waals surface area contributed by atoms with Gasteiger partial charge < -0.3 is 0 Å². The van der Waals surface area contributed by atoms with Crippen molar-refractivity contribution in [3.8, 4) is 10.6 Å². The molecule has 0 N–H and O–H groups in total. The second-order valence-electron chi connectivity index (χ2n) is 5.42. The molecule has 0 amide bonds. The fraction of sp³-hybridized carbons (Fsp3) is 0. The Labute approximate surface area is 145 Å². The summed E-state index contributed by atoms with van der Waals surface area (Å²) in [6.07, 6.45) is 0. The summed E-state index contributed by atoms with van der Waals surface area (Å²) in [5.41, 5.74) is 2.21. The average Bonchev–Trinajstić information content (AvgIpc) is 3.14. The maximum absolute atomic E-state index is 6.42. The number of rotatable bonds is 1. The molecule has 2 aromatic heterocycles. The maximum Gasteiger partial charge on any atom is 0.124 e. The molecule has 0 unspecified atom stereocenters. The van der Waals surface area contributed by atoms with Crippen molar-refractivity contribution < 1.29 is 0 Å². The van der Waals surface area contributed by atoms with Gasteiger partial charge in [0, 0.05) is 30.8 Å². The van der Waals surface area contributed by atoms with E-state index in [1.807, 2.05) is 30.3 Å². The van der Waals surface area contributed by atoms with E-state index in [1.54, 1.807) is 22.7 Å². The monoisotopic (exact) mass is 351 g/mol. The lowest BCUT2D eigenvalue weighted by Crippen LogP contribution is -1.74. The molecule has 110 valence electrons. The fourth-order valence-electron chi connectivity index (χ4n) is 2.91. The van der Waals surface area contributed by atoms with Crippen LogP contribution in [-0.4, -0.2) is 4.98 Å². The van der Waals surface area contributed by atoms with Gasteiger partial charge in [-0.2, -0.15) is 0 Å². The summed E-state index contributed by atoms with van der Waals surface area (Å²) in [6, 6.07) is 20.8. The molecule has 0 aliphatic heterocycles. The van der Waals surface area contributed by atoms with Crippen LogP contribution in [0.5, 0.6) is 0 Å². The molecule has 4 heteroatoms. The number of nitrogens with zero attached hydrogens (tertiary/aromatic N) is 1. The first kappa shape index (κ1) is 13.5. The lowest BCUT2D eigenvalue weighted by molar-refractivity contribution is 1.48. The Balaban J connectivity index is 1.82. The molecule has 0 saturated heterocycles. The smallest absolute Gasteiger partial charge is 0.124 e. The van der Waals surface area contributed by atoms with E-state index in [9.17, 15) is 0 Å². The molecule has 0 aliphatic carbocycles. The molecule has 5 rings (SSSR count). The van der Waals surface area contributed by atoms with E-state index in [-0.39, 0.29) is 0 Å². The van der Waals surface area contributed by atoms with Gasteiger partial charge in [-0.15, -0.1) is 22.7 Å². The number of thiazole rings is 1. The van der Waals surface area contributed by atoms with Crippen molar-refractivity contribution in [3.05, 3.63) is 65.7 Å². The third-order valence-electron chi connectivity index (χ3n) is 3.98. The van der Waals surface area contributed by atoms with Crippen LogP contribution in [0.25, 0.3) is 41.0 Å². The number of hydrogen-bond acceptors (Lipinski definition) is 3. The van der Waals surface area contributed by atoms with E-state index in [4.69, 9.17) is 16.6 Å². The fourth-order valence-corrected chi connectivity index (χ4v) is 5.46. The van der Waals surface area contributed by atoms with Gasteiger partial charge in [0.25, 0.3) is 0 Å². The molecule has 0 bridgehead atoms. The number of aromatic nitrogens is 1. The number of hydrogen-bond donors (Lipinski definition) is 0. The summed E-state index contributed by atoms with van der Waals surface area (Å²) in [5, 5.41) is 4.22. The zero-order valence-corrected chi connectivity index (χ0v) is 14.3. The van der Waals surface area contributed by atoms with Crippen molar-refractivity contribution in [2.45, 2.75) is 0 Å². The van der Waals surface area contributed by atoms with Gasteiger partial charge in [-0.25, -0.2) is 4.98 Å². The minimum Gasteiger partial charge on any atom is -0.236 e. The first-order valence-electron chi connectivity index (χ1n) is 7.26. The largest absolute Gasteiger partial charge is 0.236 e. The van der Waals surface area contributed by atoms with Crippen molar-refractivity contribution in [2.75, 3.05) is 0 Å². The molecule has 2 heterocycles. The van der Waals surface area contributed by atoms with Crippen molar-refractivity contribution in [1.82, 2.24) is 4.98 Å². The minimum absolute atomic E-state index is 0.812. The summed E-state index contributed by atoms with van der Waals surface area (Å²) in [6.45, 7) is 0. The van der Waals surface area contributed by atoms with Gasteiger partial charge in [-0.1, -0.05) is 48.0 Å². The van der Waals surface area contributed by atoms with E-state index < -0.39 is 0 Å².